The van der Waals surface area contributed by atoms with E-state index in [4.69, 9.17) is 18.9 Å². The van der Waals surface area contributed by atoms with Gasteiger partial charge in [-0.15, -0.1) is 0 Å². The van der Waals surface area contributed by atoms with Crippen LogP contribution < -0.4 is 14.2 Å². The molecule has 3 heterocycles. The number of halogens is 1. The zero-order valence-corrected chi connectivity index (χ0v) is 18.7. The minimum atomic E-state index is -1.03. The Bertz CT molecular complexity index is 1210. The van der Waals surface area contributed by atoms with E-state index in [0.717, 1.165) is 11.1 Å². The van der Waals surface area contributed by atoms with Gasteiger partial charge in [-0.3, -0.25) is 9.59 Å². The molecule has 1 fully saturated rings. The molecule has 4 unspecified atom stereocenters. The molecular formula is C26H24FNO6. The third kappa shape index (κ3) is 3.31. The lowest BCUT2D eigenvalue weighted by Gasteiger charge is -2.36. The number of hydrogen-bond donors (Lipinski definition) is 0. The van der Waals surface area contributed by atoms with Crippen molar-refractivity contribution in [1.82, 2.24) is 4.90 Å². The Hall–Kier alpha value is -3.55. The van der Waals surface area contributed by atoms with Gasteiger partial charge in [-0.05, 0) is 54.7 Å². The first kappa shape index (κ1) is 21.0. The van der Waals surface area contributed by atoms with E-state index < -0.39 is 24.2 Å². The van der Waals surface area contributed by atoms with Crippen LogP contribution in [-0.2, 0) is 20.9 Å². The zero-order chi connectivity index (χ0) is 23.4. The van der Waals surface area contributed by atoms with Gasteiger partial charge >= 0.3 is 0 Å². The number of amides is 1. The maximum atomic E-state index is 14.2. The van der Waals surface area contributed by atoms with Crippen LogP contribution >= 0.6 is 0 Å². The highest BCUT2D eigenvalue weighted by atomic mass is 19.1. The number of carbonyl (C=O) groups excluding carboxylic acids is 2. The van der Waals surface area contributed by atoms with Crippen LogP contribution in [0.2, 0.25) is 0 Å². The summed E-state index contributed by atoms with van der Waals surface area (Å²) in [5.74, 6) is 0.878. The van der Waals surface area contributed by atoms with E-state index >= 15 is 0 Å². The molecule has 176 valence electrons. The third-order valence-electron chi connectivity index (χ3n) is 7.08. The van der Waals surface area contributed by atoms with Crippen LogP contribution in [0.1, 0.15) is 36.4 Å². The molecule has 3 aliphatic heterocycles. The van der Waals surface area contributed by atoms with Gasteiger partial charge in [0.05, 0.1) is 24.6 Å². The van der Waals surface area contributed by atoms with Crippen molar-refractivity contribution in [2.24, 2.45) is 5.92 Å². The fraction of sp³-hybridized carbons (Fsp3) is 0.385. The largest absolute Gasteiger partial charge is 0.497 e. The van der Waals surface area contributed by atoms with E-state index in [2.05, 4.69) is 0 Å². The van der Waals surface area contributed by atoms with Gasteiger partial charge in [-0.25, -0.2) is 4.39 Å². The number of ether oxygens (including phenoxy) is 4. The number of ketones is 1. The maximum Gasteiger partial charge on any atom is 0.290 e. The van der Waals surface area contributed by atoms with Gasteiger partial charge in [0.25, 0.3) is 5.91 Å². The summed E-state index contributed by atoms with van der Waals surface area (Å²) in [7, 11) is 1.57. The summed E-state index contributed by atoms with van der Waals surface area (Å²) in [6.45, 7) is 0.395. The van der Waals surface area contributed by atoms with Crippen LogP contribution in [0.5, 0.6) is 17.2 Å². The smallest absolute Gasteiger partial charge is 0.290 e. The van der Waals surface area contributed by atoms with Gasteiger partial charge < -0.3 is 23.8 Å². The Morgan fingerprint density at radius 2 is 1.94 bits per heavy atom. The predicted octanol–water partition coefficient (Wildman–Crippen LogP) is 3.87. The molecule has 34 heavy (non-hydrogen) atoms. The quantitative estimate of drug-likeness (QED) is 0.683. The van der Waals surface area contributed by atoms with Crippen LogP contribution in [0.15, 0.2) is 53.8 Å². The van der Waals surface area contributed by atoms with Crippen LogP contribution in [-0.4, -0.2) is 42.8 Å². The molecule has 1 amide bonds. The van der Waals surface area contributed by atoms with E-state index in [9.17, 15) is 14.0 Å². The second-order valence-electron chi connectivity index (χ2n) is 9.08. The van der Waals surface area contributed by atoms with E-state index in [0.29, 0.717) is 35.7 Å². The van der Waals surface area contributed by atoms with Crippen molar-refractivity contribution in [2.45, 2.75) is 44.1 Å². The first-order valence-corrected chi connectivity index (χ1v) is 11.5. The second-order valence-corrected chi connectivity index (χ2v) is 9.08. The maximum absolute atomic E-state index is 14.2. The Balaban J connectivity index is 1.41. The summed E-state index contributed by atoms with van der Waals surface area (Å²) in [6, 6.07) is 12.2. The molecule has 1 saturated carbocycles. The molecule has 8 heteroatoms. The van der Waals surface area contributed by atoms with E-state index in [1.54, 1.807) is 12.0 Å². The van der Waals surface area contributed by atoms with Gasteiger partial charge in [-0.2, -0.15) is 0 Å². The summed E-state index contributed by atoms with van der Waals surface area (Å²) >= 11 is 0. The monoisotopic (exact) mass is 465 g/mol. The average molecular weight is 465 g/mol. The van der Waals surface area contributed by atoms with Gasteiger partial charge in [0.2, 0.25) is 6.79 Å². The predicted molar refractivity (Wildman–Crippen MR) is 118 cm³/mol. The van der Waals surface area contributed by atoms with Gasteiger partial charge in [0.1, 0.15) is 18.0 Å². The summed E-state index contributed by atoms with van der Waals surface area (Å²) in [6.07, 6.45) is -0.604. The number of carbonyl (C=O) groups is 2. The highest BCUT2D eigenvalue weighted by molar-refractivity contribution is 6.11. The molecule has 0 radical (unpaired) electrons. The fourth-order valence-electron chi connectivity index (χ4n) is 5.42. The van der Waals surface area contributed by atoms with Crippen LogP contribution in [0.4, 0.5) is 4.39 Å². The minimum Gasteiger partial charge on any atom is -0.497 e. The lowest BCUT2D eigenvalue weighted by Crippen LogP contribution is -2.42. The molecule has 0 aromatic heterocycles. The molecule has 6 rings (SSSR count). The number of hydrogen-bond acceptors (Lipinski definition) is 6. The van der Waals surface area contributed by atoms with Crippen LogP contribution in [0.3, 0.4) is 0 Å². The van der Waals surface area contributed by atoms with Crippen molar-refractivity contribution >= 4 is 11.7 Å². The lowest BCUT2D eigenvalue weighted by molar-refractivity contribution is -0.136. The van der Waals surface area contributed by atoms with Crippen molar-refractivity contribution in [3.8, 4) is 17.2 Å². The Kier molecular flexibility index (Phi) is 4.97. The van der Waals surface area contributed by atoms with Crippen molar-refractivity contribution in [3.63, 3.8) is 0 Å². The highest BCUT2D eigenvalue weighted by Crippen LogP contribution is 2.48. The van der Waals surface area contributed by atoms with Crippen LogP contribution in [0.25, 0.3) is 0 Å². The molecule has 0 saturated heterocycles. The normalized spacial score (nSPS) is 27.4. The number of fused-ring (bicyclic) bond motifs is 2. The van der Waals surface area contributed by atoms with E-state index in [-0.39, 0.29) is 37.2 Å². The van der Waals surface area contributed by atoms with Crippen molar-refractivity contribution < 1.29 is 32.9 Å². The molecular weight excluding hydrogens is 441 g/mol. The average Bonchev–Trinajstić information content (AvgIpc) is 3.42. The SMILES string of the molecule is COc1cccc(C2C3=C(OC4CCC(F)CC4C3=O)C(=O)N2Cc2ccc3c(c2)OCO3)c1. The minimum absolute atomic E-state index is 0.0946. The fourth-order valence-corrected chi connectivity index (χ4v) is 5.42. The first-order valence-electron chi connectivity index (χ1n) is 11.5. The van der Waals surface area contributed by atoms with Crippen molar-refractivity contribution in [2.75, 3.05) is 13.9 Å². The number of rotatable bonds is 4. The van der Waals surface area contributed by atoms with Gasteiger partial charge in [0.15, 0.2) is 23.0 Å². The molecule has 2 aromatic carbocycles. The molecule has 2 aromatic rings. The summed E-state index contributed by atoms with van der Waals surface area (Å²) in [5.41, 5.74) is 1.88. The summed E-state index contributed by atoms with van der Waals surface area (Å²) in [5, 5.41) is 0. The van der Waals surface area contributed by atoms with Gasteiger partial charge in [-0.1, -0.05) is 18.2 Å². The molecule has 7 nitrogen and oxygen atoms in total. The Morgan fingerprint density at radius 1 is 1.09 bits per heavy atom. The lowest BCUT2D eigenvalue weighted by atomic mass is 9.77. The molecule has 0 spiro atoms. The number of Topliss-reactive ketones (excluding diaryl/α,β-unsaturated/α-hetero) is 1. The van der Waals surface area contributed by atoms with Crippen molar-refractivity contribution in [3.05, 3.63) is 64.9 Å². The topological polar surface area (TPSA) is 74.3 Å². The molecule has 1 aliphatic carbocycles. The van der Waals surface area contributed by atoms with E-state index in [1.165, 1.54) is 0 Å². The Morgan fingerprint density at radius 3 is 2.79 bits per heavy atom. The molecule has 4 aliphatic rings. The zero-order valence-electron chi connectivity index (χ0n) is 18.7. The molecule has 4 atom stereocenters. The van der Waals surface area contributed by atoms with Gasteiger partial charge in [0, 0.05) is 6.54 Å². The van der Waals surface area contributed by atoms with Crippen molar-refractivity contribution in [1.29, 1.82) is 0 Å². The number of methoxy groups -OCH3 is 1. The standard InChI is InChI=1S/C26H24FNO6/c1-31-17-4-2-3-15(10-17)23-22-24(29)18-11-16(27)6-8-19(18)34-25(22)26(30)28(23)12-14-5-7-20-21(9-14)33-13-32-20/h2-5,7,9-10,16,18-19,23H,6,8,11-13H2,1H3. The molecule has 0 N–H and O–H groups in total. The van der Waals surface area contributed by atoms with Crippen LogP contribution in [0, 0.1) is 5.92 Å². The highest BCUT2D eigenvalue weighted by Gasteiger charge is 2.53. The van der Waals surface area contributed by atoms with E-state index in [1.807, 2.05) is 42.5 Å². The number of alkyl halides is 1. The number of nitrogens with zero attached hydrogens (tertiary/aromatic N) is 1. The number of benzene rings is 2. The first-order chi connectivity index (χ1) is 16.5. The summed E-state index contributed by atoms with van der Waals surface area (Å²) in [4.78, 5) is 28.9. The third-order valence-corrected chi connectivity index (χ3v) is 7.08. The summed E-state index contributed by atoms with van der Waals surface area (Å²) < 4.78 is 36.6. The Labute approximate surface area is 196 Å². The second kappa shape index (κ2) is 8.04. The molecule has 0 bridgehead atoms.